The number of rotatable bonds is 5. The van der Waals surface area contributed by atoms with Crippen molar-refractivity contribution in [2.24, 2.45) is 5.92 Å². The average Bonchev–Trinajstić information content (AvgIpc) is 2.73. The highest BCUT2D eigenvalue weighted by Gasteiger charge is 2.23. The summed E-state index contributed by atoms with van der Waals surface area (Å²) in [5, 5.41) is 19.3. The fourth-order valence-electron chi connectivity index (χ4n) is 2.67. The Balaban J connectivity index is 2.66. The van der Waals surface area contributed by atoms with Gasteiger partial charge in [-0.2, -0.15) is 0 Å². The lowest BCUT2D eigenvalue weighted by Crippen LogP contribution is -2.20. The molecule has 0 spiro atoms. The monoisotopic (exact) mass is 277 g/mol. The van der Waals surface area contributed by atoms with E-state index in [1.165, 1.54) is 0 Å². The lowest BCUT2D eigenvalue weighted by Gasteiger charge is -2.25. The molecule has 0 aliphatic carbocycles. The molecule has 0 radical (unpaired) electrons. The van der Waals surface area contributed by atoms with Crippen LogP contribution in [0.3, 0.4) is 0 Å². The standard InChI is InChI=1S/C15H23N3O2/c1-9(2)13(6-7-19)18-14-5-4-11(16)8-12(14)17-15(18)10(3)20/h4-5,8-10,13,19-20H,6-7,16H2,1-3H3. The molecular formula is C15H23N3O2. The Morgan fingerprint density at radius 2 is 2.00 bits per heavy atom. The minimum Gasteiger partial charge on any atom is -0.399 e. The van der Waals surface area contributed by atoms with Crippen LogP contribution in [0, 0.1) is 5.92 Å². The summed E-state index contributed by atoms with van der Waals surface area (Å²) in [5.41, 5.74) is 8.19. The Kier molecular flexibility index (Phi) is 4.30. The van der Waals surface area contributed by atoms with E-state index in [0.29, 0.717) is 23.9 Å². The second kappa shape index (κ2) is 5.81. The third-order valence-electron chi connectivity index (χ3n) is 3.64. The first-order valence-corrected chi connectivity index (χ1v) is 7.02. The topological polar surface area (TPSA) is 84.3 Å². The van der Waals surface area contributed by atoms with Gasteiger partial charge in [-0.15, -0.1) is 0 Å². The van der Waals surface area contributed by atoms with Gasteiger partial charge < -0.3 is 20.5 Å². The molecule has 4 N–H and O–H groups in total. The molecule has 0 aliphatic heterocycles. The van der Waals surface area contributed by atoms with E-state index < -0.39 is 6.10 Å². The van der Waals surface area contributed by atoms with E-state index in [2.05, 4.69) is 18.8 Å². The molecular weight excluding hydrogens is 254 g/mol. The molecule has 1 aromatic heterocycles. The highest BCUT2D eigenvalue weighted by atomic mass is 16.3. The number of aliphatic hydroxyl groups is 2. The summed E-state index contributed by atoms with van der Waals surface area (Å²) >= 11 is 0. The van der Waals surface area contributed by atoms with Gasteiger partial charge in [-0.05, 0) is 37.5 Å². The Morgan fingerprint density at radius 3 is 2.55 bits per heavy atom. The van der Waals surface area contributed by atoms with Crippen LogP contribution in [0.15, 0.2) is 18.2 Å². The van der Waals surface area contributed by atoms with Gasteiger partial charge in [0, 0.05) is 18.3 Å². The van der Waals surface area contributed by atoms with E-state index >= 15 is 0 Å². The molecule has 2 rings (SSSR count). The van der Waals surface area contributed by atoms with Crippen molar-refractivity contribution in [1.82, 2.24) is 9.55 Å². The first-order valence-electron chi connectivity index (χ1n) is 7.02. The summed E-state index contributed by atoms with van der Waals surface area (Å²) in [7, 11) is 0. The van der Waals surface area contributed by atoms with Crippen molar-refractivity contribution in [1.29, 1.82) is 0 Å². The van der Waals surface area contributed by atoms with E-state index in [9.17, 15) is 10.2 Å². The summed E-state index contributed by atoms with van der Waals surface area (Å²) < 4.78 is 2.04. The third kappa shape index (κ3) is 2.64. The number of benzene rings is 1. The van der Waals surface area contributed by atoms with Crippen molar-refractivity contribution in [3.05, 3.63) is 24.0 Å². The lowest BCUT2D eigenvalue weighted by molar-refractivity contribution is 0.171. The minimum atomic E-state index is -0.663. The number of nitrogens with two attached hydrogens (primary N) is 1. The maximum absolute atomic E-state index is 10.00. The molecule has 5 heteroatoms. The van der Waals surface area contributed by atoms with Crippen LogP contribution in [0.1, 0.15) is 45.2 Å². The molecule has 0 amide bonds. The Hall–Kier alpha value is -1.59. The van der Waals surface area contributed by atoms with Crippen LogP contribution >= 0.6 is 0 Å². The van der Waals surface area contributed by atoms with Gasteiger partial charge in [-0.3, -0.25) is 0 Å². The number of nitrogen functional groups attached to an aromatic ring is 1. The summed E-state index contributed by atoms with van der Waals surface area (Å²) in [5.74, 6) is 0.951. The van der Waals surface area contributed by atoms with Crippen LogP contribution in [-0.2, 0) is 0 Å². The van der Waals surface area contributed by atoms with Crippen molar-refractivity contribution in [2.75, 3.05) is 12.3 Å². The van der Waals surface area contributed by atoms with Crippen molar-refractivity contribution in [3.63, 3.8) is 0 Å². The zero-order valence-electron chi connectivity index (χ0n) is 12.2. The molecule has 0 saturated carbocycles. The predicted molar refractivity (Wildman–Crippen MR) is 80.4 cm³/mol. The van der Waals surface area contributed by atoms with Gasteiger partial charge in [-0.1, -0.05) is 13.8 Å². The molecule has 1 aromatic carbocycles. The molecule has 0 bridgehead atoms. The Morgan fingerprint density at radius 1 is 1.30 bits per heavy atom. The van der Waals surface area contributed by atoms with E-state index in [1.54, 1.807) is 6.92 Å². The second-order valence-electron chi connectivity index (χ2n) is 5.59. The van der Waals surface area contributed by atoms with Gasteiger partial charge in [0.25, 0.3) is 0 Å². The second-order valence-corrected chi connectivity index (χ2v) is 5.59. The minimum absolute atomic E-state index is 0.0956. The molecule has 2 aromatic rings. The van der Waals surface area contributed by atoms with Gasteiger partial charge >= 0.3 is 0 Å². The zero-order chi connectivity index (χ0) is 14.9. The maximum atomic E-state index is 10.00. The number of hydrogen-bond donors (Lipinski definition) is 3. The van der Waals surface area contributed by atoms with Crippen molar-refractivity contribution in [3.8, 4) is 0 Å². The normalized spacial score (nSPS) is 14.9. The number of aromatic nitrogens is 2. The van der Waals surface area contributed by atoms with E-state index in [1.807, 2.05) is 22.8 Å². The first-order chi connectivity index (χ1) is 9.45. The van der Waals surface area contributed by atoms with Gasteiger partial charge in [0.15, 0.2) is 0 Å². The van der Waals surface area contributed by atoms with Crippen LogP contribution in [0.2, 0.25) is 0 Å². The van der Waals surface area contributed by atoms with Crippen LogP contribution in [0.5, 0.6) is 0 Å². The molecule has 2 unspecified atom stereocenters. The summed E-state index contributed by atoms with van der Waals surface area (Å²) in [6.07, 6.45) is -0.0312. The Bertz CT molecular complexity index is 590. The fourth-order valence-corrected chi connectivity index (χ4v) is 2.67. The largest absolute Gasteiger partial charge is 0.399 e. The summed E-state index contributed by atoms with van der Waals surface area (Å²) in [6.45, 7) is 6.03. The van der Waals surface area contributed by atoms with Crippen molar-refractivity contribution in [2.45, 2.75) is 39.3 Å². The molecule has 2 atom stereocenters. The molecule has 0 aliphatic rings. The summed E-state index contributed by atoms with van der Waals surface area (Å²) in [4.78, 5) is 4.51. The number of aliphatic hydroxyl groups excluding tert-OH is 2. The van der Waals surface area contributed by atoms with Gasteiger partial charge in [0.2, 0.25) is 0 Å². The highest BCUT2D eigenvalue weighted by molar-refractivity contribution is 5.80. The molecule has 0 saturated heterocycles. The molecule has 110 valence electrons. The smallest absolute Gasteiger partial charge is 0.138 e. The molecule has 0 fully saturated rings. The van der Waals surface area contributed by atoms with Gasteiger partial charge in [0.05, 0.1) is 11.0 Å². The van der Waals surface area contributed by atoms with E-state index in [4.69, 9.17) is 5.73 Å². The third-order valence-corrected chi connectivity index (χ3v) is 3.64. The number of imidazole rings is 1. The van der Waals surface area contributed by atoms with Gasteiger partial charge in [-0.25, -0.2) is 4.98 Å². The fraction of sp³-hybridized carbons (Fsp3) is 0.533. The van der Waals surface area contributed by atoms with Crippen LogP contribution < -0.4 is 5.73 Å². The van der Waals surface area contributed by atoms with Crippen LogP contribution in [0.25, 0.3) is 11.0 Å². The number of nitrogens with zero attached hydrogens (tertiary/aromatic N) is 2. The highest BCUT2D eigenvalue weighted by Crippen LogP contribution is 2.31. The van der Waals surface area contributed by atoms with Crippen LogP contribution in [0.4, 0.5) is 5.69 Å². The molecule has 1 heterocycles. The maximum Gasteiger partial charge on any atom is 0.138 e. The average molecular weight is 277 g/mol. The number of fused-ring (bicyclic) bond motifs is 1. The molecule has 20 heavy (non-hydrogen) atoms. The molecule has 5 nitrogen and oxygen atoms in total. The predicted octanol–water partition coefficient (Wildman–Crippen LogP) is 2.25. The van der Waals surface area contributed by atoms with E-state index in [-0.39, 0.29) is 12.6 Å². The number of hydrogen-bond acceptors (Lipinski definition) is 4. The van der Waals surface area contributed by atoms with Crippen molar-refractivity contribution < 1.29 is 10.2 Å². The van der Waals surface area contributed by atoms with Crippen molar-refractivity contribution >= 4 is 16.7 Å². The quantitative estimate of drug-likeness (QED) is 0.732. The van der Waals surface area contributed by atoms with Crippen LogP contribution in [-0.4, -0.2) is 26.4 Å². The Labute approximate surface area is 119 Å². The zero-order valence-corrected chi connectivity index (χ0v) is 12.2. The number of anilines is 1. The van der Waals surface area contributed by atoms with Gasteiger partial charge in [0.1, 0.15) is 11.9 Å². The SMILES string of the molecule is CC(O)c1nc2cc(N)ccc2n1C(CCO)C(C)C. The van der Waals surface area contributed by atoms with E-state index in [0.717, 1.165) is 11.0 Å². The summed E-state index contributed by atoms with van der Waals surface area (Å²) in [6, 6.07) is 5.67. The lowest BCUT2D eigenvalue weighted by atomic mass is 10.0. The first kappa shape index (κ1) is 14.8.